The van der Waals surface area contributed by atoms with Crippen LogP contribution in [0.5, 0.6) is 0 Å². The molecule has 0 saturated heterocycles. The van der Waals surface area contributed by atoms with E-state index in [2.05, 4.69) is 10.3 Å². The van der Waals surface area contributed by atoms with Crippen molar-refractivity contribution < 1.29 is 4.79 Å². The normalized spacial score (nSPS) is 24.6. The molecule has 0 bridgehead atoms. The number of nitrogens with zero attached hydrogens (tertiary/aromatic N) is 2. The van der Waals surface area contributed by atoms with Crippen molar-refractivity contribution in [3.63, 3.8) is 0 Å². The van der Waals surface area contributed by atoms with Gasteiger partial charge in [-0.25, -0.2) is 4.98 Å². The van der Waals surface area contributed by atoms with Crippen LogP contribution in [0.15, 0.2) is 12.5 Å². The number of amides is 1. The first-order valence-corrected chi connectivity index (χ1v) is 6.49. The predicted octanol–water partition coefficient (Wildman–Crippen LogP) is 1.95. The molecule has 2 rings (SSSR count). The van der Waals surface area contributed by atoms with E-state index in [9.17, 15) is 4.79 Å². The van der Waals surface area contributed by atoms with Crippen LogP contribution in [0.3, 0.4) is 0 Å². The predicted molar refractivity (Wildman–Crippen MR) is 67.1 cm³/mol. The summed E-state index contributed by atoms with van der Waals surface area (Å²) in [7, 11) is 1.82. The van der Waals surface area contributed by atoms with Crippen LogP contribution >= 0.6 is 11.6 Å². The lowest BCUT2D eigenvalue weighted by Crippen LogP contribution is -2.32. The highest BCUT2D eigenvalue weighted by atomic mass is 35.5. The molecule has 1 aromatic heterocycles. The summed E-state index contributed by atoms with van der Waals surface area (Å²) in [6.45, 7) is 0.744. The summed E-state index contributed by atoms with van der Waals surface area (Å²) in [5.41, 5.74) is 0.607. The zero-order valence-electron chi connectivity index (χ0n) is 10.0. The fourth-order valence-electron chi connectivity index (χ4n) is 2.23. The van der Waals surface area contributed by atoms with Gasteiger partial charge >= 0.3 is 0 Å². The minimum absolute atomic E-state index is 0.0435. The minimum Gasteiger partial charge on any atom is -0.350 e. The van der Waals surface area contributed by atoms with Crippen LogP contribution in [0.2, 0.25) is 0 Å². The molecule has 5 heteroatoms. The smallest absolute Gasteiger partial charge is 0.269 e. The van der Waals surface area contributed by atoms with Gasteiger partial charge in [-0.05, 0) is 31.6 Å². The number of hydrogen-bond acceptors (Lipinski definition) is 2. The Morgan fingerprint density at radius 3 is 2.82 bits per heavy atom. The van der Waals surface area contributed by atoms with Crippen LogP contribution in [-0.2, 0) is 7.05 Å². The summed E-state index contributed by atoms with van der Waals surface area (Å²) < 4.78 is 1.73. The summed E-state index contributed by atoms with van der Waals surface area (Å²) in [5.74, 6) is 0.528. The maximum Gasteiger partial charge on any atom is 0.269 e. The zero-order valence-corrected chi connectivity index (χ0v) is 10.8. The topological polar surface area (TPSA) is 46.9 Å². The zero-order chi connectivity index (χ0) is 12.3. The van der Waals surface area contributed by atoms with Gasteiger partial charge in [0, 0.05) is 19.0 Å². The molecule has 0 aliphatic heterocycles. The second kappa shape index (κ2) is 5.54. The van der Waals surface area contributed by atoms with Crippen LogP contribution in [0.4, 0.5) is 0 Å². The van der Waals surface area contributed by atoms with E-state index < -0.39 is 0 Å². The second-order valence-electron chi connectivity index (χ2n) is 4.72. The average Bonchev–Trinajstić information content (AvgIpc) is 2.74. The number of rotatable bonds is 3. The summed E-state index contributed by atoms with van der Waals surface area (Å²) in [6, 6.07) is 0. The van der Waals surface area contributed by atoms with E-state index in [1.807, 2.05) is 7.05 Å². The molecule has 1 N–H and O–H groups in total. The van der Waals surface area contributed by atoms with Gasteiger partial charge in [-0.1, -0.05) is 0 Å². The van der Waals surface area contributed by atoms with E-state index in [1.165, 1.54) is 0 Å². The van der Waals surface area contributed by atoms with Gasteiger partial charge in [0.05, 0.1) is 12.5 Å². The summed E-state index contributed by atoms with van der Waals surface area (Å²) in [5, 5.41) is 3.30. The Hall–Kier alpha value is -1.03. The van der Waals surface area contributed by atoms with Gasteiger partial charge in [-0.3, -0.25) is 4.79 Å². The number of carbonyl (C=O) groups is 1. The van der Waals surface area contributed by atoms with Gasteiger partial charge in [0.25, 0.3) is 5.91 Å². The fourth-order valence-corrected chi connectivity index (χ4v) is 2.48. The molecule has 1 aliphatic rings. The number of aromatic nitrogens is 2. The highest BCUT2D eigenvalue weighted by Gasteiger charge is 2.20. The van der Waals surface area contributed by atoms with Gasteiger partial charge in [0.15, 0.2) is 0 Å². The van der Waals surface area contributed by atoms with E-state index in [-0.39, 0.29) is 5.91 Å². The quantitative estimate of drug-likeness (QED) is 0.840. The number of imidazole rings is 1. The molecule has 0 atom stereocenters. The monoisotopic (exact) mass is 255 g/mol. The van der Waals surface area contributed by atoms with Crippen LogP contribution in [0.25, 0.3) is 0 Å². The molecule has 0 radical (unpaired) electrons. The number of nitrogens with one attached hydrogen (secondary N) is 1. The highest BCUT2D eigenvalue weighted by Crippen LogP contribution is 2.26. The van der Waals surface area contributed by atoms with Crippen LogP contribution in [-0.4, -0.2) is 27.4 Å². The molecule has 1 saturated carbocycles. The van der Waals surface area contributed by atoms with Crippen molar-refractivity contribution in [3.8, 4) is 0 Å². The lowest BCUT2D eigenvalue weighted by Gasteiger charge is -2.24. The molecule has 4 nitrogen and oxygen atoms in total. The molecule has 1 amide bonds. The third kappa shape index (κ3) is 3.22. The third-order valence-electron chi connectivity index (χ3n) is 3.38. The van der Waals surface area contributed by atoms with Gasteiger partial charge in [0.1, 0.15) is 5.69 Å². The van der Waals surface area contributed by atoms with Gasteiger partial charge in [0.2, 0.25) is 0 Å². The maximum absolute atomic E-state index is 11.8. The molecule has 0 unspecified atom stereocenters. The van der Waals surface area contributed by atoms with E-state index in [4.69, 9.17) is 11.6 Å². The number of halogens is 1. The first-order chi connectivity index (χ1) is 8.16. The fraction of sp³-hybridized carbons (Fsp3) is 0.667. The molecule has 94 valence electrons. The number of carbonyl (C=O) groups excluding carboxylic acids is 1. The van der Waals surface area contributed by atoms with Crippen molar-refractivity contribution in [2.45, 2.75) is 31.1 Å². The molecule has 1 fully saturated rings. The third-order valence-corrected chi connectivity index (χ3v) is 3.81. The van der Waals surface area contributed by atoms with Crippen molar-refractivity contribution in [1.82, 2.24) is 14.9 Å². The second-order valence-corrected chi connectivity index (χ2v) is 5.34. The lowest BCUT2D eigenvalue weighted by molar-refractivity contribution is 0.0935. The Bertz CT molecular complexity index is 383. The largest absolute Gasteiger partial charge is 0.350 e. The number of hydrogen-bond donors (Lipinski definition) is 1. The molecule has 1 aliphatic carbocycles. The molecule has 0 spiro atoms. The molecule has 17 heavy (non-hydrogen) atoms. The molecule has 1 aromatic rings. The first-order valence-electron chi connectivity index (χ1n) is 6.05. The maximum atomic E-state index is 11.8. The minimum atomic E-state index is -0.0435. The Labute approximate surface area is 106 Å². The van der Waals surface area contributed by atoms with E-state index in [0.717, 1.165) is 32.2 Å². The van der Waals surface area contributed by atoms with Crippen molar-refractivity contribution in [2.24, 2.45) is 13.0 Å². The van der Waals surface area contributed by atoms with Crippen molar-refractivity contribution in [2.75, 3.05) is 6.54 Å². The van der Waals surface area contributed by atoms with E-state index in [1.54, 1.807) is 17.1 Å². The van der Waals surface area contributed by atoms with E-state index in [0.29, 0.717) is 17.0 Å². The van der Waals surface area contributed by atoms with E-state index >= 15 is 0 Å². The standard InChI is InChI=1S/C12H18ClN3O/c1-16-8-14-7-11(16)12(17)15-6-9-2-4-10(13)5-3-9/h7-10H,2-6H2,1H3,(H,15,17). The number of alkyl halides is 1. The van der Waals surface area contributed by atoms with Crippen LogP contribution in [0, 0.1) is 5.92 Å². The van der Waals surface area contributed by atoms with Crippen molar-refractivity contribution in [3.05, 3.63) is 18.2 Å². The summed E-state index contributed by atoms with van der Waals surface area (Å²) in [4.78, 5) is 15.8. The summed E-state index contributed by atoms with van der Waals surface area (Å²) in [6.07, 6.45) is 7.57. The summed E-state index contributed by atoms with van der Waals surface area (Å²) >= 11 is 6.05. The molecular formula is C12H18ClN3O. The first kappa shape index (κ1) is 12.4. The highest BCUT2D eigenvalue weighted by molar-refractivity contribution is 6.20. The Balaban J connectivity index is 1.79. The lowest BCUT2D eigenvalue weighted by atomic mass is 9.89. The van der Waals surface area contributed by atoms with Gasteiger partial charge in [-0.15, -0.1) is 11.6 Å². The van der Waals surface area contributed by atoms with Crippen LogP contribution in [0.1, 0.15) is 36.2 Å². The Kier molecular flexibility index (Phi) is 4.05. The Morgan fingerprint density at radius 1 is 1.53 bits per heavy atom. The van der Waals surface area contributed by atoms with Gasteiger partial charge in [-0.2, -0.15) is 0 Å². The number of aryl methyl sites for hydroxylation is 1. The molecule has 0 aromatic carbocycles. The average molecular weight is 256 g/mol. The van der Waals surface area contributed by atoms with Crippen molar-refractivity contribution >= 4 is 17.5 Å². The SMILES string of the molecule is Cn1cncc1C(=O)NCC1CCC(Cl)CC1. The van der Waals surface area contributed by atoms with Crippen LogP contribution < -0.4 is 5.32 Å². The van der Waals surface area contributed by atoms with Gasteiger partial charge < -0.3 is 9.88 Å². The molecular weight excluding hydrogens is 238 g/mol. The van der Waals surface area contributed by atoms with Crippen molar-refractivity contribution in [1.29, 1.82) is 0 Å². The molecule has 1 heterocycles. The Morgan fingerprint density at radius 2 is 2.24 bits per heavy atom.